The average molecular weight is 172 g/mol. The monoisotopic (exact) mass is 172 g/mol. The lowest BCUT2D eigenvalue weighted by Crippen LogP contribution is -2.50. The third kappa shape index (κ3) is 1.62. The van der Waals surface area contributed by atoms with Crippen molar-refractivity contribution < 1.29 is 4.39 Å². The van der Waals surface area contributed by atoms with Crippen molar-refractivity contribution in [1.82, 2.24) is 10.2 Å². The highest BCUT2D eigenvalue weighted by atomic mass is 19.1. The molecular weight excluding hydrogens is 155 g/mol. The fourth-order valence-corrected chi connectivity index (χ4v) is 2.29. The predicted octanol–water partition coefficient (Wildman–Crippen LogP) is 0.782. The molecule has 2 heterocycles. The molecule has 70 valence electrons. The van der Waals surface area contributed by atoms with Crippen molar-refractivity contribution >= 4 is 0 Å². The summed E-state index contributed by atoms with van der Waals surface area (Å²) in [7, 11) is 0. The second kappa shape index (κ2) is 3.71. The molecule has 2 aliphatic rings. The maximum atomic E-state index is 13.4. The molecule has 0 aromatic heterocycles. The van der Waals surface area contributed by atoms with Crippen LogP contribution in [0.15, 0.2) is 0 Å². The van der Waals surface area contributed by atoms with Gasteiger partial charge in [-0.2, -0.15) is 0 Å². The number of likely N-dealkylation sites (tertiary alicyclic amines) is 1. The molecule has 0 aliphatic carbocycles. The first-order chi connectivity index (χ1) is 5.88. The molecule has 2 atom stereocenters. The number of nitrogens with zero attached hydrogens (tertiary/aromatic N) is 1. The van der Waals surface area contributed by atoms with Crippen LogP contribution < -0.4 is 5.32 Å². The van der Waals surface area contributed by atoms with Gasteiger partial charge in [0.2, 0.25) is 0 Å². The van der Waals surface area contributed by atoms with Gasteiger partial charge in [-0.25, -0.2) is 4.39 Å². The van der Waals surface area contributed by atoms with Crippen LogP contribution in [0.5, 0.6) is 0 Å². The molecule has 1 N–H and O–H groups in total. The number of halogens is 1. The normalized spacial score (nSPS) is 38.8. The lowest BCUT2D eigenvalue weighted by atomic mass is 10.0. The molecule has 0 radical (unpaired) electrons. The number of piperidine rings is 1. The molecule has 0 amide bonds. The van der Waals surface area contributed by atoms with Crippen molar-refractivity contribution in [3.63, 3.8) is 0 Å². The van der Waals surface area contributed by atoms with Gasteiger partial charge in [-0.15, -0.1) is 0 Å². The highest BCUT2D eigenvalue weighted by molar-refractivity contribution is 4.87. The minimum atomic E-state index is -0.642. The van der Waals surface area contributed by atoms with Gasteiger partial charge in [0.15, 0.2) is 0 Å². The van der Waals surface area contributed by atoms with Crippen LogP contribution in [0.3, 0.4) is 0 Å². The van der Waals surface area contributed by atoms with Crippen molar-refractivity contribution in [2.45, 2.75) is 31.5 Å². The topological polar surface area (TPSA) is 15.3 Å². The lowest BCUT2D eigenvalue weighted by Gasteiger charge is -2.33. The van der Waals surface area contributed by atoms with E-state index in [1.807, 2.05) is 0 Å². The molecule has 0 unspecified atom stereocenters. The van der Waals surface area contributed by atoms with Gasteiger partial charge in [0.25, 0.3) is 0 Å². The van der Waals surface area contributed by atoms with E-state index in [4.69, 9.17) is 0 Å². The molecule has 2 nitrogen and oxygen atoms in total. The predicted molar refractivity (Wildman–Crippen MR) is 47.0 cm³/mol. The number of hydrogen-bond acceptors (Lipinski definition) is 2. The van der Waals surface area contributed by atoms with E-state index in [2.05, 4.69) is 10.2 Å². The maximum Gasteiger partial charge on any atom is 0.128 e. The molecule has 2 aliphatic heterocycles. The van der Waals surface area contributed by atoms with Crippen molar-refractivity contribution in [1.29, 1.82) is 0 Å². The molecule has 0 bridgehead atoms. The zero-order valence-electron chi connectivity index (χ0n) is 7.43. The summed E-state index contributed by atoms with van der Waals surface area (Å²) in [4.78, 5) is 2.32. The Kier molecular flexibility index (Phi) is 2.61. The van der Waals surface area contributed by atoms with Crippen molar-refractivity contribution in [2.75, 3.05) is 26.2 Å². The van der Waals surface area contributed by atoms with Crippen LogP contribution in [0, 0.1) is 0 Å². The molecule has 0 saturated carbocycles. The molecule has 0 aromatic rings. The van der Waals surface area contributed by atoms with E-state index in [1.54, 1.807) is 0 Å². The summed E-state index contributed by atoms with van der Waals surface area (Å²) in [6.07, 6.45) is 2.87. The number of rotatable bonds is 1. The van der Waals surface area contributed by atoms with E-state index in [1.165, 1.54) is 12.8 Å². The molecule has 3 heteroatoms. The average Bonchev–Trinajstić information content (AvgIpc) is 2.57. The van der Waals surface area contributed by atoms with Crippen molar-refractivity contribution in [3.8, 4) is 0 Å². The summed E-state index contributed by atoms with van der Waals surface area (Å²) in [5.74, 6) is 0. The Morgan fingerprint density at radius 3 is 2.67 bits per heavy atom. The Bertz CT molecular complexity index is 145. The smallest absolute Gasteiger partial charge is 0.128 e. The quantitative estimate of drug-likeness (QED) is 0.629. The zero-order chi connectivity index (χ0) is 8.39. The van der Waals surface area contributed by atoms with Crippen LogP contribution in [0.4, 0.5) is 4.39 Å². The van der Waals surface area contributed by atoms with Gasteiger partial charge in [0, 0.05) is 12.6 Å². The molecular formula is C9H17FN2. The SMILES string of the molecule is F[C@H]1CNCC[C@H]1N1CCCC1. The van der Waals surface area contributed by atoms with Gasteiger partial charge in [-0.1, -0.05) is 0 Å². The maximum absolute atomic E-state index is 13.4. The highest BCUT2D eigenvalue weighted by Gasteiger charge is 2.31. The Hall–Kier alpha value is -0.150. The third-order valence-corrected chi connectivity index (χ3v) is 2.98. The van der Waals surface area contributed by atoms with Gasteiger partial charge < -0.3 is 5.32 Å². The largest absolute Gasteiger partial charge is 0.314 e. The first-order valence-electron chi connectivity index (χ1n) is 4.97. The van der Waals surface area contributed by atoms with E-state index in [0.717, 1.165) is 26.1 Å². The third-order valence-electron chi connectivity index (χ3n) is 2.98. The minimum absolute atomic E-state index is 0.216. The van der Waals surface area contributed by atoms with Gasteiger partial charge in [-0.05, 0) is 38.9 Å². The van der Waals surface area contributed by atoms with Crippen LogP contribution in [0.2, 0.25) is 0 Å². The fraction of sp³-hybridized carbons (Fsp3) is 1.00. The summed E-state index contributed by atoms with van der Waals surface area (Å²) in [5, 5.41) is 3.09. The number of hydrogen-bond donors (Lipinski definition) is 1. The van der Waals surface area contributed by atoms with E-state index >= 15 is 0 Å². The molecule has 2 fully saturated rings. The second-order valence-corrected chi connectivity index (χ2v) is 3.82. The van der Waals surface area contributed by atoms with Gasteiger partial charge in [0.05, 0.1) is 0 Å². The van der Waals surface area contributed by atoms with Gasteiger partial charge in [0.1, 0.15) is 6.17 Å². The lowest BCUT2D eigenvalue weighted by molar-refractivity contribution is 0.104. The molecule has 2 rings (SSSR count). The van der Waals surface area contributed by atoms with Crippen LogP contribution in [0.25, 0.3) is 0 Å². The van der Waals surface area contributed by atoms with Crippen LogP contribution in [-0.2, 0) is 0 Å². The summed E-state index contributed by atoms with van der Waals surface area (Å²) in [5.41, 5.74) is 0. The fourth-order valence-electron chi connectivity index (χ4n) is 2.29. The molecule has 0 spiro atoms. The van der Waals surface area contributed by atoms with E-state index < -0.39 is 6.17 Å². The van der Waals surface area contributed by atoms with Gasteiger partial charge in [-0.3, -0.25) is 4.90 Å². The van der Waals surface area contributed by atoms with Crippen molar-refractivity contribution in [3.05, 3.63) is 0 Å². The number of nitrogens with one attached hydrogen (secondary N) is 1. The molecule has 2 saturated heterocycles. The Balaban J connectivity index is 1.91. The highest BCUT2D eigenvalue weighted by Crippen LogP contribution is 2.20. The Morgan fingerprint density at radius 2 is 2.00 bits per heavy atom. The summed E-state index contributed by atoms with van der Waals surface area (Å²) in [6.45, 7) is 3.78. The first kappa shape index (κ1) is 8.45. The summed E-state index contributed by atoms with van der Waals surface area (Å²) >= 11 is 0. The van der Waals surface area contributed by atoms with Crippen LogP contribution in [-0.4, -0.2) is 43.3 Å². The minimum Gasteiger partial charge on any atom is -0.314 e. The first-order valence-corrected chi connectivity index (χ1v) is 4.97. The van der Waals surface area contributed by atoms with Crippen LogP contribution in [0.1, 0.15) is 19.3 Å². The van der Waals surface area contributed by atoms with E-state index in [0.29, 0.717) is 6.54 Å². The van der Waals surface area contributed by atoms with Crippen molar-refractivity contribution in [2.24, 2.45) is 0 Å². The van der Waals surface area contributed by atoms with E-state index in [-0.39, 0.29) is 6.04 Å². The standard InChI is InChI=1S/C9H17FN2/c10-8-7-11-4-3-9(8)12-5-1-2-6-12/h8-9,11H,1-7H2/t8-,9+/m0/s1. The summed E-state index contributed by atoms with van der Waals surface area (Å²) in [6, 6.07) is 0.216. The molecule has 0 aromatic carbocycles. The summed E-state index contributed by atoms with van der Waals surface area (Å²) < 4.78 is 13.4. The number of alkyl halides is 1. The Morgan fingerprint density at radius 1 is 1.25 bits per heavy atom. The zero-order valence-corrected chi connectivity index (χ0v) is 7.43. The molecule has 12 heavy (non-hydrogen) atoms. The Labute approximate surface area is 73.1 Å². The van der Waals surface area contributed by atoms with Crippen LogP contribution >= 0.6 is 0 Å². The second-order valence-electron chi connectivity index (χ2n) is 3.82. The van der Waals surface area contributed by atoms with E-state index in [9.17, 15) is 4.39 Å². The van der Waals surface area contributed by atoms with Gasteiger partial charge >= 0.3 is 0 Å².